The number of hydrogen-bond acceptors (Lipinski definition) is 4. The first-order chi connectivity index (χ1) is 22.1. The van der Waals surface area contributed by atoms with Crippen LogP contribution in [0.3, 0.4) is 0 Å². The van der Waals surface area contributed by atoms with Crippen LogP contribution in [-0.4, -0.2) is 14.8 Å². The van der Waals surface area contributed by atoms with Crippen molar-refractivity contribution in [2.45, 2.75) is 13.8 Å². The van der Waals surface area contributed by atoms with Crippen molar-refractivity contribution in [3.63, 3.8) is 0 Å². The smallest absolute Gasteiger partial charge is 0.248 e. The van der Waals surface area contributed by atoms with E-state index < -0.39 is 0 Å². The molecule has 6 aromatic carbocycles. The molecule has 2 aromatic heterocycles. The normalized spacial score (nSPS) is 11.3. The van der Waals surface area contributed by atoms with Gasteiger partial charge < -0.3 is 13.9 Å². The maximum Gasteiger partial charge on any atom is 0.248 e. The number of fused-ring (bicyclic) bond motifs is 3. The molecule has 0 radical (unpaired) electrons. The predicted octanol–water partition coefficient (Wildman–Crippen LogP) is 10.6. The number of benzene rings is 6. The number of anilines is 3. The molecule has 0 saturated heterocycles. The molecule has 0 aliphatic rings. The fourth-order valence-electron chi connectivity index (χ4n) is 6.06. The van der Waals surface area contributed by atoms with E-state index in [0.717, 1.165) is 33.9 Å². The van der Waals surface area contributed by atoms with Crippen LogP contribution in [0.25, 0.3) is 50.4 Å². The predicted molar refractivity (Wildman–Crippen MR) is 184 cm³/mol. The Bertz CT molecular complexity index is 2230. The Morgan fingerprint density at radius 1 is 0.489 bits per heavy atom. The van der Waals surface area contributed by atoms with Crippen molar-refractivity contribution in [1.29, 1.82) is 0 Å². The molecule has 2 heterocycles. The van der Waals surface area contributed by atoms with Crippen molar-refractivity contribution in [1.82, 2.24) is 14.8 Å². The molecule has 0 bridgehead atoms. The van der Waals surface area contributed by atoms with Gasteiger partial charge in [-0.05, 0) is 110 Å². The van der Waals surface area contributed by atoms with Crippen molar-refractivity contribution in [2.75, 3.05) is 4.90 Å². The molecule has 216 valence electrons. The highest BCUT2D eigenvalue weighted by atomic mass is 16.4. The van der Waals surface area contributed by atoms with Crippen LogP contribution in [0.2, 0.25) is 0 Å². The molecule has 0 aliphatic heterocycles. The molecule has 8 rings (SSSR count). The zero-order valence-electron chi connectivity index (χ0n) is 25.1. The zero-order chi connectivity index (χ0) is 30.3. The third-order valence-corrected chi connectivity index (χ3v) is 8.51. The Morgan fingerprint density at radius 2 is 1.00 bits per heavy atom. The van der Waals surface area contributed by atoms with E-state index in [1.54, 1.807) is 0 Å². The fourth-order valence-corrected chi connectivity index (χ4v) is 6.06. The number of rotatable bonds is 6. The van der Waals surface area contributed by atoms with Crippen molar-refractivity contribution in [3.05, 3.63) is 157 Å². The van der Waals surface area contributed by atoms with Crippen LogP contribution in [-0.2, 0) is 0 Å². The van der Waals surface area contributed by atoms with Gasteiger partial charge in [0, 0.05) is 44.6 Å². The molecule has 0 unspecified atom stereocenters. The molecule has 5 nitrogen and oxygen atoms in total. The van der Waals surface area contributed by atoms with Crippen LogP contribution in [0.15, 0.2) is 150 Å². The second-order valence-corrected chi connectivity index (χ2v) is 11.3. The van der Waals surface area contributed by atoms with Crippen LogP contribution in [0, 0.1) is 13.8 Å². The number of hydrogen-bond donors (Lipinski definition) is 0. The van der Waals surface area contributed by atoms with Gasteiger partial charge in [0.1, 0.15) is 0 Å². The average Bonchev–Trinajstić information content (AvgIpc) is 3.71. The van der Waals surface area contributed by atoms with E-state index in [-0.39, 0.29) is 0 Å². The largest absolute Gasteiger partial charge is 0.416 e. The van der Waals surface area contributed by atoms with Crippen molar-refractivity contribution in [2.24, 2.45) is 0 Å². The summed E-state index contributed by atoms with van der Waals surface area (Å²) in [5.41, 5.74) is 10.9. The highest BCUT2D eigenvalue weighted by molar-refractivity contribution is 6.09. The fraction of sp³-hybridized carbons (Fsp3) is 0.0500. The molecule has 0 amide bonds. The second-order valence-electron chi connectivity index (χ2n) is 11.3. The SMILES string of the molecule is Cc1ccc(-c2nnc(-c3ccc(N(c4ccccc4)c4ccc(-n5c6ccccc6c6ccccc65)cc4)cc3)o2)cc1C. The number of nitrogens with zero attached hydrogens (tertiary/aromatic N) is 4. The zero-order valence-corrected chi connectivity index (χ0v) is 25.1. The summed E-state index contributed by atoms with van der Waals surface area (Å²) in [6.45, 7) is 4.18. The molecule has 0 aliphatic carbocycles. The third-order valence-electron chi connectivity index (χ3n) is 8.51. The van der Waals surface area contributed by atoms with Gasteiger partial charge in [-0.1, -0.05) is 60.7 Å². The molecular weight excluding hydrogens is 552 g/mol. The maximum absolute atomic E-state index is 6.09. The minimum absolute atomic E-state index is 0.497. The Hall–Kier alpha value is -5.94. The Morgan fingerprint density at radius 3 is 1.62 bits per heavy atom. The molecule has 0 N–H and O–H groups in total. The summed E-state index contributed by atoms with van der Waals surface area (Å²) in [5.74, 6) is 1.02. The highest BCUT2D eigenvalue weighted by Crippen LogP contribution is 2.37. The lowest BCUT2D eigenvalue weighted by Crippen LogP contribution is -2.10. The van der Waals surface area contributed by atoms with Gasteiger partial charge in [0.2, 0.25) is 11.8 Å². The van der Waals surface area contributed by atoms with Crippen LogP contribution >= 0.6 is 0 Å². The third kappa shape index (κ3) is 4.75. The van der Waals surface area contributed by atoms with E-state index in [1.807, 2.05) is 24.3 Å². The number of aromatic nitrogens is 3. The first-order valence-electron chi connectivity index (χ1n) is 15.1. The van der Waals surface area contributed by atoms with Crippen molar-refractivity contribution >= 4 is 38.9 Å². The summed E-state index contributed by atoms with van der Waals surface area (Å²) in [6.07, 6.45) is 0. The van der Waals surface area contributed by atoms with Crippen LogP contribution in [0.5, 0.6) is 0 Å². The molecular formula is C40H30N4O. The van der Waals surface area contributed by atoms with Crippen molar-refractivity contribution in [3.8, 4) is 28.6 Å². The van der Waals surface area contributed by atoms with Gasteiger partial charge in [0.15, 0.2) is 0 Å². The lowest BCUT2D eigenvalue weighted by atomic mass is 10.1. The van der Waals surface area contributed by atoms with E-state index in [0.29, 0.717) is 11.8 Å². The van der Waals surface area contributed by atoms with E-state index in [4.69, 9.17) is 4.42 Å². The molecule has 0 saturated carbocycles. The Balaban J connectivity index is 1.15. The van der Waals surface area contributed by atoms with Gasteiger partial charge in [0.05, 0.1) is 11.0 Å². The highest BCUT2D eigenvalue weighted by Gasteiger charge is 2.16. The van der Waals surface area contributed by atoms with E-state index in [2.05, 4.69) is 155 Å². The monoisotopic (exact) mass is 582 g/mol. The average molecular weight is 583 g/mol. The van der Waals surface area contributed by atoms with E-state index >= 15 is 0 Å². The molecule has 0 fully saturated rings. The summed E-state index contributed by atoms with van der Waals surface area (Å²) in [6, 6.07) is 50.8. The van der Waals surface area contributed by atoms with E-state index in [9.17, 15) is 0 Å². The lowest BCUT2D eigenvalue weighted by Gasteiger charge is -2.26. The van der Waals surface area contributed by atoms with Gasteiger partial charge in [-0.2, -0.15) is 0 Å². The van der Waals surface area contributed by atoms with Gasteiger partial charge in [-0.3, -0.25) is 0 Å². The van der Waals surface area contributed by atoms with Gasteiger partial charge in [0.25, 0.3) is 0 Å². The minimum atomic E-state index is 0.497. The summed E-state index contributed by atoms with van der Waals surface area (Å²) < 4.78 is 8.43. The topological polar surface area (TPSA) is 47.1 Å². The summed E-state index contributed by atoms with van der Waals surface area (Å²) in [4.78, 5) is 2.26. The van der Waals surface area contributed by atoms with Crippen LogP contribution in [0.1, 0.15) is 11.1 Å². The van der Waals surface area contributed by atoms with Crippen LogP contribution < -0.4 is 4.90 Å². The van der Waals surface area contributed by atoms with Crippen molar-refractivity contribution < 1.29 is 4.42 Å². The Kier molecular flexibility index (Phi) is 6.50. The van der Waals surface area contributed by atoms with E-state index in [1.165, 1.54) is 32.9 Å². The first-order valence-corrected chi connectivity index (χ1v) is 15.1. The second kappa shape index (κ2) is 11.0. The molecule has 0 spiro atoms. The van der Waals surface area contributed by atoms with Crippen LogP contribution in [0.4, 0.5) is 17.1 Å². The molecule has 0 atom stereocenters. The molecule has 8 aromatic rings. The van der Waals surface area contributed by atoms with Gasteiger partial charge in [-0.25, -0.2) is 0 Å². The summed E-state index contributed by atoms with van der Waals surface area (Å²) in [7, 11) is 0. The minimum Gasteiger partial charge on any atom is -0.416 e. The Labute approximate surface area is 261 Å². The van der Waals surface area contributed by atoms with Gasteiger partial charge in [-0.15, -0.1) is 10.2 Å². The quantitative estimate of drug-likeness (QED) is 0.196. The lowest BCUT2D eigenvalue weighted by molar-refractivity contribution is 0.584. The number of aryl methyl sites for hydroxylation is 2. The summed E-state index contributed by atoms with van der Waals surface area (Å²) in [5, 5.41) is 11.2. The molecule has 45 heavy (non-hydrogen) atoms. The molecule has 5 heteroatoms. The number of para-hydroxylation sites is 3. The standard InChI is InChI=1S/C40H30N4O/c1-27-16-17-30(26-28(27)2)40-42-41-39(45-40)29-18-20-32(21-19-29)43(31-10-4-3-5-11-31)33-22-24-34(25-23-33)44-37-14-8-6-12-35(37)36-13-7-9-15-38(36)44/h3-26H,1-2H3. The summed E-state index contributed by atoms with van der Waals surface area (Å²) >= 11 is 0. The first kappa shape index (κ1) is 26.7. The van der Waals surface area contributed by atoms with Gasteiger partial charge >= 0.3 is 0 Å². The maximum atomic E-state index is 6.09.